The van der Waals surface area contributed by atoms with Gasteiger partial charge in [-0.25, -0.2) is 0 Å². The monoisotopic (exact) mass is 291 g/mol. The number of nitrogen functional groups attached to an aromatic ring is 1. The Morgan fingerprint density at radius 1 is 1.19 bits per heavy atom. The molecule has 1 amide bonds. The molecule has 0 saturated heterocycles. The van der Waals surface area contributed by atoms with Crippen molar-refractivity contribution in [2.24, 2.45) is 5.41 Å². The van der Waals surface area contributed by atoms with Crippen LogP contribution in [0.25, 0.3) is 0 Å². The lowest BCUT2D eigenvalue weighted by Crippen LogP contribution is -2.35. The first kappa shape index (κ1) is 17.3. The molecule has 0 aromatic heterocycles. The molecule has 4 nitrogen and oxygen atoms in total. The van der Waals surface area contributed by atoms with Gasteiger partial charge in [0.1, 0.15) is 0 Å². The van der Waals surface area contributed by atoms with E-state index in [-0.39, 0.29) is 16.9 Å². The van der Waals surface area contributed by atoms with E-state index >= 15 is 0 Å². The second-order valence-electron chi connectivity index (χ2n) is 7.41. The number of hydrogen-bond acceptors (Lipinski definition) is 3. The second kappa shape index (κ2) is 6.37. The van der Waals surface area contributed by atoms with Crippen LogP contribution < -0.4 is 16.4 Å². The van der Waals surface area contributed by atoms with Crippen LogP contribution in [0.5, 0.6) is 0 Å². The lowest BCUT2D eigenvalue weighted by atomic mass is 9.81. The molecule has 1 aromatic carbocycles. The zero-order valence-corrected chi connectivity index (χ0v) is 14.1. The molecule has 0 aliphatic heterocycles. The summed E-state index contributed by atoms with van der Waals surface area (Å²) in [5.41, 5.74) is 8.24. The molecule has 1 rings (SSSR count). The van der Waals surface area contributed by atoms with Crippen molar-refractivity contribution < 1.29 is 4.79 Å². The van der Waals surface area contributed by atoms with Crippen LogP contribution in [0, 0.1) is 5.41 Å². The van der Waals surface area contributed by atoms with Gasteiger partial charge in [0.15, 0.2) is 0 Å². The molecule has 0 spiro atoms. The summed E-state index contributed by atoms with van der Waals surface area (Å²) >= 11 is 0. The summed E-state index contributed by atoms with van der Waals surface area (Å²) in [5, 5.41) is 6.28. The highest BCUT2D eigenvalue weighted by Gasteiger charge is 2.26. The van der Waals surface area contributed by atoms with Crippen molar-refractivity contribution in [2.45, 2.75) is 53.5 Å². The van der Waals surface area contributed by atoms with Crippen LogP contribution >= 0.6 is 0 Å². The van der Waals surface area contributed by atoms with Crippen molar-refractivity contribution in [3.63, 3.8) is 0 Å². The smallest absolute Gasteiger partial charge is 0.251 e. The minimum absolute atomic E-state index is 0.0748. The zero-order chi connectivity index (χ0) is 16.3. The largest absolute Gasteiger partial charge is 0.397 e. The van der Waals surface area contributed by atoms with Crippen LogP contribution in [0.2, 0.25) is 0 Å². The third-order valence-corrected chi connectivity index (χ3v) is 3.10. The first-order valence-corrected chi connectivity index (χ1v) is 7.50. The van der Waals surface area contributed by atoms with Gasteiger partial charge in [-0.15, -0.1) is 0 Å². The average molecular weight is 291 g/mol. The number of carbonyl (C=O) groups is 1. The summed E-state index contributed by atoms with van der Waals surface area (Å²) in [6.45, 7) is 13.5. The summed E-state index contributed by atoms with van der Waals surface area (Å²) in [5.74, 6) is -0.0748. The Hall–Kier alpha value is -1.71. The van der Waals surface area contributed by atoms with Gasteiger partial charge >= 0.3 is 0 Å². The van der Waals surface area contributed by atoms with Crippen molar-refractivity contribution >= 4 is 17.3 Å². The predicted molar refractivity (Wildman–Crippen MR) is 90.6 cm³/mol. The molecule has 4 N–H and O–H groups in total. The van der Waals surface area contributed by atoms with Gasteiger partial charge in [-0.2, -0.15) is 0 Å². The van der Waals surface area contributed by atoms with E-state index in [1.807, 2.05) is 13.0 Å². The molecule has 0 unspecified atom stereocenters. The number of amides is 1. The van der Waals surface area contributed by atoms with Gasteiger partial charge < -0.3 is 16.4 Å². The topological polar surface area (TPSA) is 67.2 Å². The summed E-state index contributed by atoms with van der Waals surface area (Å²) in [6.07, 6.45) is 0.991. The Morgan fingerprint density at radius 2 is 1.81 bits per heavy atom. The Labute approximate surface area is 128 Å². The summed E-state index contributed by atoms with van der Waals surface area (Å²) in [4.78, 5) is 11.9. The van der Waals surface area contributed by atoms with E-state index in [2.05, 4.69) is 45.3 Å². The third kappa shape index (κ3) is 5.66. The molecule has 0 atom stereocenters. The average Bonchev–Trinajstić information content (AvgIpc) is 2.28. The highest BCUT2D eigenvalue weighted by molar-refractivity contribution is 5.96. The third-order valence-electron chi connectivity index (χ3n) is 3.10. The van der Waals surface area contributed by atoms with Crippen LogP contribution in [0.4, 0.5) is 11.4 Å². The molecular formula is C17H29N3O. The van der Waals surface area contributed by atoms with E-state index < -0.39 is 0 Å². The second-order valence-corrected chi connectivity index (χ2v) is 7.41. The van der Waals surface area contributed by atoms with E-state index in [0.29, 0.717) is 17.8 Å². The number of rotatable bonds is 5. The Balaban J connectivity index is 2.97. The van der Waals surface area contributed by atoms with Crippen molar-refractivity contribution in [1.82, 2.24) is 5.32 Å². The quantitative estimate of drug-likeness (QED) is 0.725. The van der Waals surface area contributed by atoms with Crippen molar-refractivity contribution in [3.8, 4) is 0 Å². The normalized spacial score (nSPS) is 12.1. The minimum atomic E-state index is -0.105. The molecule has 0 radical (unpaired) electrons. The number of anilines is 2. The lowest BCUT2D eigenvalue weighted by Gasteiger charge is -2.34. The molecule has 0 aliphatic carbocycles. The predicted octanol–water partition coefficient (Wildman–Crippen LogP) is 3.65. The van der Waals surface area contributed by atoms with Crippen LogP contribution in [0.15, 0.2) is 18.2 Å². The van der Waals surface area contributed by atoms with Gasteiger partial charge in [-0.1, -0.05) is 20.8 Å². The van der Waals surface area contributed by atoms with Crippen molar-refractivity contribution in [3.05, 3.63) is 23.8 Å². The van der Waals surface area contributed by atoms with E-state index in [9.17, 15) is 4.79 Å². The highest BCUT2D eigenvalue weighted by Crippen LogP contribution is 2.31. The first-order valence-electron chi connectivity index (χ1n) is 7.50. The van der Waals surface area contributed by atoms with Gasteiger partial charge in [0.2, 0.25) is 0 Å². The number of carbonyl (C=O) groups excluding carboxylic acids is 1. The van der Waals surface area contributed by atoms with Gasteiger partial charge in [-0.3, -0.25) is 4.79 Å². The highest BCUT2D eigenvalue weighted by atomic mass is 16.1. The maximum Gasteiger partial charge on any atom is 0.251 e. The zero-order valence-electron chi connectivity index (χ0n) is 14.1. The fourth-order valence-electron chi connectivity index (χ4n) is 2.80. The molecule has 21 heavy (non-hydrogen) atoms. The van der Waals surface area contributed by atoms with E-state index in [1.165, 1.54) is 0 Å². The summed E-state index contributed by atoms with van der Waals surface area (Å²) < 4.78 is 0. The van der Waals surface area contributed by atoms with Crippen LogP contribution in [-0.2, 0) is 0 Å². The Bertz CT molecular complexity index is 501. The van der Waals surface area contributed by atoms with E-state index in [1.54, 1.807) is 12.1 Å². The molecular weight excluding hydrogens is 262 g/mol. The molecule has 0 saturated carbocycles. The molecule has 0 bridgehead atoms. The number of nitrogens with one attached hydrogen (secondary N) is 2. The number of hydrogen-bond donors (Lipinski definition) is 3. The number of nitrogens with two attached hydrogens (primary N) is 1. The first-order chi connectivity index (χ1) is 9.54. The van der Waals surface area contributed by atoms with E-state index in [0.717, 1.165) is 12.1 Å². The molecule has 0 heterocycles. The van der Waals surface area contributed by atoms with Crippen LogP contribution in [0.1, 0.15) is 58.3 Å². The minimum Gasteiger partial charge on any atom is -0.397 e. The van der Waals surface area contributed by atoms with Gasteiger partial charge in [0, 0.05) is 17.6 Å². The maximum atomic E-state index is 11.9. The lowest BCUT2D eigenvalue weighted by molar-refractivity contribution is 0.0956. The molecule has 1 aromatic rings. The molecule has 118 valence electrons. The van der Waals surface area contributed by atoms with Crippen molar-refractivity contribution in [1.29, 1.82) is 0 Å². The number of benzene rings is 1. The Kier molecular flexibility index (Phi) is 5.26. The SMILES string of the molecule is CCNC(=O)c1ccc(N)c(NC(C)(C)CC(C)(C)C)c1. The Morgan fingerprint density at radius 3 is 2.33 bits per heavy atom. The fourth-order valence-corrected chi connectivity index (χ4v) is 2.80. The van der Waals surface area contributed by atoms with Gasteiger partial charge in [-0.05, 0) is 50.8 Å². The summed E-state index contributed by atoms with van der Waals surface area (Å²) in [6, 6.07) is 5.35. The fraction of sp³-hybridized carbons (Fsp3) is 0.588. The molecule has 0 fully saturated rings. The van der Waals surface area contributed by atoms with Crippen LogP contribution in [-0.4, -0.2) is 18.0 Å². The standard InChI is InChI=1S/C17H29N3O/c1-7-19-15(21)12-8-9-13(18)14(10-12)20-17(5,6)11-16(2,3)4/h8-10,20H,7,11,18H2,1-6H3,(H,19,21). The van der Waals surface area contributed by atoms with Gasteiger partial charge in [0.25, 0.3) is 5.91 Å². The van der Waals surface area contributed by atoms with Crippen molar-refractivity contribution in [2.75, 3.05) is 17.6 Å². The molecule has 4 heteroatoms. The van der Waals surface area contributed by atoms with Crippen LogP contribution in [0.3, 0.4) is 0 Å². The maximum absolute atomic E-state index is 11.9. The van der Waals surface area contributed by atoms with E-state index in [4.69, 9.17) is 5.73 Å². The molecule has 0 aliphatic rings. The summed E-state index contributed by atoms with van der Waals surface area (Å²) in [7, 11) is 0. The van der Waals surface area contributed by atoms with Gasteiger partial charge in [0.05, 0.1) is 11.4 Å².